The van der Waals surface area contributed by atoms with E-state index in [-0.39, 0.29) is 9.79 Å². The van der Waals surface area contributed by atoms with Crippen LogP contribution in [0.15, 0.2) is 119 Å². The molecule has 34 heavy (non-hydrogen) atoms. The molecule has 0 radical (unpaired) electrons. The Balaban J connectivity index is 1.33. The van der Waals surface area contributed by atoms with E-state index in [4.69, 9.17) is 0 Å². The number of benzene rings is 4. The minimum atomic E-state index is -3.74. The lowest BCUT2D eigenvalue weighted by Gasteiger charge is -2.22. The third-order valence-corrected chi connectivity index (χ3v) is 7.75. The van der Waals surface area contributed by atoms with Gasteiger partial charge in [0.05, 0.1) is 9.79 Å². The van der Waals surface area contributed by atoms with Gasteiger partial charge in [-0.25, -0.2) is 16.8 Å². The molecule has 0 heterocycles. The van der Waals surface area contributed by atoms with Crippen LogP contribution in [0.5, 0.6) is 0 Å². The molecule has 0 aliphatic heterocycles. The highest BCUT2D eigenvalue weighted by Gasteiger charge is 2.05. The zero-order valence-electron chi connectivity index (χ0n) is 18.2. The summed E-state index contributed by atoms with van der Waals surface area (Å²) in [7, 11) is -7.49. The molecule has 0 atom stereocenters. The van der Waals surface area contributed by atoms with E-state index in [0.717, 1.165) is 24.0 Å². The van der Waals surface area contributed by atoms with Crippen molar-refractivity contribution in [2.75, 3.05) is 0 Å². The molecule has 4 aromatic carbocycles. The van der Waals surface area contributed by atoms with Gasteiger partial charge in [0, 0.05) is 0 Å². The molecule has 0 bridgehead atoms. The Kier molecular flexibility index (Phi) is 7.00. The number of hydrogen-bond donors (Lipinski definition) is 0. The molecule has 0 N–H and O–H groups in total. The molecule has 4 rings (SSSR count). The first-order chi connectivity index (χ1) is 16.3. The highest BCUT2D eigenvalue weighted by Crippen LogP contribution is 2.29. The van der Waals surface area contributed by atoms with E-state index < -0.39 is 20.0 Å². The van der Waals surface area contributed by atoms with E-state index in [1.165, 1.54) is 24.3 Å². The SMILES string of the molecule is O=S(=O)([N-]c1ccc(CCc2ccc([N-]S(=O)(=O)c3ccccc3)cc2)cc1)c1ccccc1. The van der Waals surface area contributed by atoms with Crippen LogP contribution in [0, 0.1) is 0 Å². The van der Waals surface area contributed by atoms with E-state index >= 15 is 0 Å². The van der Waals surface area contributed by atoms with Crippen molar-refractivity contribution in [1.29, 1.82) is 0 Å². The van der Waals surface area contributed by atoms with Gasteiger partial charge in [-0.1, -0.05) is 84.9 Å². The van der Waals surface area contributed by atoms with Gasteiger partial charge in [-0.3, -0.25) is 0 Å². The monoisotopic (exact) mass is 490 g/mol. The molecular formula is C26H22N2O4S2-2. The molecule has 0 aliphatic carbocycles. The summed E-state index contributed by atoms with van der Waals surface area (Å²) >= 11 is 0. The molecule has 174 valence electrons. The lowest BCUT2D eigenvalue weighted by Crippen LogP contribution is -1.97. The van der Waals surface area contributed by atoms with Crippen LogP contribution in [0.1, 0.15) is 11.1 Å². The summed E-state index contributed by atoms with van der Waals surface area (Å²) in [4.78, 5) is 0.316. The highest BCUT2D eigenvalue weighted by atomic mass is 32.2. The maximum atomic E-state index is 12.4. The van der Waals surface area contributed by atoms with Gasteiger partial charge in [-0.05, 0) is 48.2 Å². The highest BCUT2D eigenvalue weighted by molar-refractivity contribution is 7.94. The summed E-state index contributed by atoms with van der Waals surface area (Å²) in [6.07, 6.45) is 1.48. The van der Waals surface area contributed by atoms with Gasteiger partial charge in [0.2, 0.25) is 0 Å². The van der Waals surface area contributed by atoms with Gasteiger partial charge in [0.15, 0.2) is 0 Å². The van der Waals surface area contributed by atoms with E-state index in [2.05, 4.69) is 9.44 Å². The molecular weight excluding hydrogens is 468 g/mol. The molecule has 0 fully saturated rings. The average molecular weight is 491 g/mol. The maximum Gasteiger partial charge on any atom is 0.123 e. The molecule has 4 aromatic rings. The summed E-state index contributed by atoms with van der Waals surface area (Å²) in [5.41, 5.74) is 2.82. The number of sulfonamides is 2. The van der Waals surface area contributed by atoms with Crippen molar-refractivity contribution in [3.8, 4) is 0 Å². The third-order valence-electron chi connectivity index (χ3n) is 5.11. The van der Waals surface area contributed by atoms with Crippen LogP contribution in [0.4, 0.5) is 11.4 Å². The Morgan fingerprint density at radius 2 is 0.765 bits per heavy atom. The first-order valence-electron chi connectivity index (χ1n) is 10.6. The predicted molar refractivity (Wildman–Crippen MR) is 134 cm³/mol. The minimum absolute atomic E-state index is 0.158. The normalized spacial score (nSPS) is 11.6. The Hall–Kier alpha value is -3.62. The lowest BCUT2D eigenvalue weighted by atomic mass is 10.0. The van der Waals surface area contributed by atoms with Crippen LogP contribution >= 0.6 is 0 Å². The second-order valence-electron chi connectivity index (χ2n) is 7.59. The van der Waals surface area contributed by atoms with Crippen LogP contribution in [0.25, 0.3) is 9.44 Å². The molecule has 0 saturated heterocycles. The van der Waals surface area contributed by atoms with Crippen LogP contribution in [0.2, 0.25) is 0 Å². The second kappa shape index (κ2) is 10.1. The largest absolute Gasteiger partial charge is 0.573 e. The van der Waals surface area contributed by atoms with Crippen LogP contribution in [-0.4, -0.2) is 16.8 Å². The van der Waals surface area contributed by atoms with Gasteiger partial charge < -0.3 is 9.44 Å². The summed E-state index contributed by atoms with van der Waals surface area (Å²) in [5.74, 6) is 0. The summed E-state index contributed by atoms with van der Waals surface area (Å²) < 4.78 is 57.3. The smallest absolute Gasteiger partial charge is 0.123 e. The quantitative estimate of drug-likeness (QED) is 0.277. The van der Waals surface area contributed by atoms with Crippen LogP contribution < -0.4 is 0 Å². The van der Waals surface area contributed by atoms with E-state index in [1.807, 2.05) is 24.3 Å². The number of hydrogen-bond acceptors (Lipinski definition) is 4. The Bertz CT molecular complexity index is 1320. The zero-order chi connectivity index (χ0) is 24.0. The van der Waals surface area contributed by atoms with Crippen LogP contribution in [0.3, 0.4) is 0 Å². The second-order valence-corrected chi connectivity index (χ2v) is 10.8. The summed E-state index contributed by atoms with van der Waals surface area (Å²) in [6.45, 7) is 0. The van der Waals surface area contributed by atoms with Crippen LogP contribution in [-0.2, 0) is 32.9 Å². The van der Waals surface area contributed by atoms with E-state index in [0.29, 0.717) is 11.4 Å². The summed E-state index contributed by atoms with van der Waals surface area (Å²) in [6, 6.07) is 30.4. The molecule has 0 aromatic heterocycles. The van der Waals surface area contributed by atoms with Crippen molar-refractivity contribution in [1.82, 2.24) is 0 Å². The topological polar surface area (TPSA) is 96.5 Å². The minimum Gasteiger partial charge on any atom is -0.573 e. The Morgan fingerprint density at radius 1 is 0.441 bits per heavy atom. The molecule has 0 amide bonds. The fourth-order valence-corrected chi connectivity index (χ4v) is 5.31. The Labute approximate surface area is 200 Å². The lowest BCUT2D eigenvalue weighted by molar-refractivity contribution is 0.601. The number of rotatable bonds is 9. The van der Waals surface area contributed by atoms with Gasteiger partial charge in [-0.15, -0.1) is 11.4 Å². The fraction of sp³-hybridized carbons (Fsp3) is 0.0769. The molecule has 8 heteroatoms. The van der Waals surface area contributed by atoms with Crippen molar-refractivity contribution >= 4 is 31.4 Å². The van der Waals surface area contributed by atoms with Crippen molar-refractivity contribution in [3.05, 3.63) is 130 Å². The van der Waals surface area contributed by atoms with Crippen molar-refractivity contribution < 1.29 is 16.8 Å². The van der Waals surface area contributed by atoms with Crippen molar-refractivity contribution in [2.24, 2.45) is 0 Å². The van der Waals surface area contributed by atoms with Crippen molar-refractivity contribution in [2.45, 2.75) is 22.6 Å². The van der Waals surface area contributed by atoms with Gasteiger partial charge >= 0.3 is 0 Å². The summed E-state index contributed by atoms with van der Waals surface area (Å²) in [5, 5.41) is 0. The molecule has 0 aliphatic rings. The average Bonchev–Trinajstić information content (AvgIpc) is 2.85. The standard InChI is InChI=1S/C26H22N2O4S2/c29-33(30,25-7-3-1-4-8-25)27-23-17-13-21(14-18-23)11-12-22-15-19-24(20-16-22)28-34(31,32)26-9-5-2-6-10-26/h1-10,13-20H,11-12H2/q-2. The predicted octanol–water partition coefficient (Wildman–Crippen LogP) is 6.26. The Morgan fingerprint density at radius 3 is 1.09 bits per heavy atom. The first-order valence-corrected chi connectivity index (χ1v) is 13.4. The molecule has 0 spiro atoms. The number of nitrogens with zero attached hydrogens (tertiary/aromatic N) is 2. The first kappa shape index (κ1) is 23.5. The fourth-order valence-electron chi connectivity index (χ4n) is 3.30. The van der Waals surface area contributed by atoms with Gasteiger partial charge in [-0.2, -0.15) is 0 Å². The number of aryl methyl sites for hydroxylation is 2. The zero-order valence-corrected chi connectivity index (χ0v) is 19.8. The van der Waals surface area contributed by atoms with Crippen molar-refractivity contribution in [3.63, 3.8) is 0 Å². The third kappa shape index (κ3) is 6.03. The maximum absolute atomic E-state index is 12.4. The van der Waals surface area contributed by atoms with Gasteiger partial charge in [0.1, 0.15) is 20.0 Å². The van der Waals surface area contributed by atoms with E-state index in [1.54, 1.807) is 60.7 Å². The van der Waals surface area contributed by atoms with E-state index in [9.17, 15) is 16.8 Å². The molecule has 6 nitrogen and oxygen atoms in total. The molecule has 0 saturated carbocycles. The molecule has 0 unspecified atom stereocenters. The van der Waals surface area contributed by atoms with Gasteiger partial charge in [0.25, 0.3) is 0 Å².